The summed E-state index contributed by atoms with van der Waals surface area (Å²) >= 11 is 0. The molecule has 0 radical (unpaired) electrons. The minimum absolute atomic E-state index is 0.306. The van der Waals surface area contributed by atoms with E-state index in [9.17, 15) is 4.39 Å². The fourth-order valence-electron chi connectivity index (χ4n) is 1.29. The topological polar surface area (TPSA) is 44.5 Å². The van der Waals surface area contributed by atoms with Gasteiger partial charge in [-0.1, -0.05) is 6.92 Å². The summed E-state index contributed by atoms with van der Waals surface area (Å²) in [6.45, 7) is 4.01. The monoisotopic (exact) mass is 227 g/mol. The molecule has 0 heterocycles. The first-order valence-corrected chi connectivity index (χ1v) is 5.46. The SMILES string of the molecule is CCCOCCOc1cc(F)cc(CN)c1. The summed E-state index contributed by atoms with van der Waals surface area (Å²) < 4.78 is 23.7. The van der Waals surface area contributed by atoms with Crippen LogP contribution in [0.1, 0.15) is 18.9 Å². The lowest BCUT2D eigenvalue weighted by Gasteiger charge is -2.08. The number of benzene rings is 1. The van der Waals surface area contributed by atoms with Gasteiger partial charge in [-0.05, 0) is 24.1 Å². The molecule has 0 saturated heterocycles. The maximum absolute atomic E-state index is 13.1. The van der Waals surface area contributed by atoms with E-state index in [2.05, 4.69) is 0 Å². The number of hydrogen-bond acceptors (Lipinski definition) is 3. The number of ether oxygens (including phenoxy) is 2. The standard InChI is InChI=1S/C12H18FNO2/c1-2-3-15-4-5-16-12-7-10(9-14)6-11(13)8-12/h6-8H,2-5,9,14H2,1H3. The highest BCUT2D eigenvalue weighted by Gasteiger charge is 2.00. The second-order valence-electron chi connectivity index (χ2n) is 3.46. The van der Waals surface area contributed by atoms with Gasteiger partial charge >= 0.3 is 0 Å². The third-order valence-corrected chi connectivity index (χ3v) is 2.01. The van der Waals surface area contributed by atoms with Crippen molar-refractivity contribution < 1.29 is 13.9 Å². The van der Waals surface area contributed by atoms with Gasteiger partial charge in [-0.2, -0.15) is 0 Å². The highest BCUT2D eigenvalue weighted by Crippen LogP contribution is 2.15. The Hall–Kier alpha value is -1.13. The first kappa shape index (κ1) is 12.9. The highest BCUT2D eigenvalue weighted by molar-refractivity contribution is 5.29. The van der Waals surface area contributed by atoms with Crippen molar-refractivity contribution in [3.05, 3.63) is 29.6 Å². The van der Waals surface area contributed by atoms with Gasteiger partial charge in [-0.15, -0.1) is 0 Å². The largest absolute Gasteiger partial charge is 0.491 e. The van der Waals surface area contributed by atoms with Crippen LogP contribution in [0.25, 0.3) is 0 Å². The summed E-state index contributed by atoms with van der Waals surface area (Å²) in [5.74, 6) is 0.174. The maximum atomic E-state index is 13.1. The molecule has 0 spiro atoms. The van der Waals surface area contributed by atoms with E-state index in [0.29, 0.717) is 25.5 Å². The molecule has 2 N–H and O–H groups in total. The fraction of sp³-hybridized carbons (Fsp3) is 0.500. The summed E-state index contributed by atoms with van der Waals surface area (Å²) in [6, 6.07) is 4.49. The summed E-state index contributed by atoms with van der Waals surface area (Å²) in [5.41, 5.74) is 6.16. The van der Waals surface area contributed by atoms with Crippen LogP contribution in [0.2, 0.25) is 0 Å². The Balaban J connectivity index is 2.38. The minimum atomic E-state index is -0.326. The lowest BCUT2D eigenvalue weighted by atomic mass is 10.2. The van der Waals surface area contributed by atoms with Gasteiger partial charge in [0, 0.05) is 19.2 Å². The van der Waals surface area contributed by atoms with Crippen molar-refractivity contribution in [1.29, 1.82) is 0 Å². The van der Waals surface area contributed by atoms with E-state index in [1.807, 2.05) is 6.92 Å². The Bertz CT molecular complexity index is 318. The zero-order valence-corrected chi connectivity index (χ0v) is 9.54. The Morgan fingerprint density at radius 1 is 1.19 bits per heavy atom. The lowest BCUT2D eigenvalue weighted by molar-refractivity contribution is 0.100. The average Bonchev–Trinajstić information content (AvgIpc) is 2.28. The third-order valence-electron chi connectivity index (χ3n) is 2.01. The Kier molecular flexibility index (Phi) is 5.82. The molecule has 90 valence electrons. The normalized spacial score (nSPS) is 10.4. The highest BCUT2D eigenvalue weighted by atomic mass is 19.1. The zero-order chi connectivity index (χ0) is 11.8. The van der Waals surface area contributed by atoms with Crippen molar-refractivity contribution in [3.8, 4) is 5.75 Å². The fourth-order valence-corrected chi connectivity index (χ4v) is 1.29. The molecule has 16 heavy (non-hydrogen) atoms. The van der Waals surface area contributed by atoms with Gasteiger partial charge in [0.25, 0.3) is 0 Å². The summed E-state index contributed by atoms with van der Waals surface area (Å²) in [6.07, 6.45) is 0.983. The van der Waals surface area contributed by atoms with Crippen molar-refractivity contribution in [3.63, 3.8) is 0 Å². The molecule has 0 aliphatic heterocycles. The average molecular weight is 227 g/mol. The van der Waals surface area contributed by atoms with Crippen LogP contribution in [0.5, 0.6) is 5.75 Å². The molecule has 0 atom stereocenters. The second-order valence-corrected chi connectivity index (χ2v) is 3.46. The smallest absolute Gasteiger partial charge is 0.127 e. The zero-order valence-electron chi connectivity index (χ0n) is 9.54. The molecule has 0 fully saturated rings. The van der Waals surface area contributed by atoms with Crippen LogP contribution in [0.15, 0.2) is 18.2 Å². The number of nitrogens with two attached hydrogens (primary N) is 1. The molecule has 0 bridgehead atoms. The number of rotatable bonds is 7. The molecule has 0 aromatic heterocycles. The van der Waals surface area contributed by atoms with Crippen LogP contribution in [-0.2, 0) is 11.3 Å². The van der Waals surface area contributed by atoms with Crippen LogP contribution in [0, 0.1) is 5.82 Å². The van der Waals surface area contributed by atoms with Crippen LogP contribution >= 0.6 is 0 Å². The van der Waals surface area contributed by atoms with Crippen LogP contribution < -0.4 is 10.5 Å². The molecule has 0 saturated carbocycles. The van der Waals surface area contributed by atoms with E-state index in [4.69, 9.17) is 15.2 Å². The molecule has 4 heteroatoms. The summed E-state index contributed by atoms with van der Waals surface area (Å²) in [4.78, 5) is 0. The van der Waals surface area contributed by atoms with E-state index in [1.54, 1.807) is 6.07 Å². The molecule has 0 aliphatic carbocycles. The Morgan fingerprint density at radius 3 is 2.69 bits per heavy atom. The van der Waals surface area contributed by atoms with Crippen molar-refractivity contribution in [1.82, 2.24) is 0 Å². The maximum Gasteiger partial charge on any atom is 0.127 e. The second kappa shape index (κ2) is 7.19. The van der Waals surface area contributed by atoms with E-state index in [-0.39, 0.29) is 5.82 Å². The molecule has 0 amide bonds. The van der Waals surface area contributed by atoms with E-state index >= 15 is 0 Å². The first-order valence-electron chi connectivity index (χ1n) is 5.46. The molecule has 3 nitrogen and oxygen atoms in total. The minimum Gasteiger partial charge on any atom is -0.491 e. The van der Waals surface area contributed by atoms with Gasteiger partial charge in [-0.3, -0.25) is 0 Å². The van der Waals surface area contributed by atoms with Gasteiger partial charge in [0.2, 0.25) is 0 Å². The van der Waals surface area contributed by atoms with Crippen molar-refractivity contribution in [2.24, 2.45) is 5.73 Å². The molecular weight excluding hydrogens is 209 g/mol. The molecule has 0 aliphatic rings. The van der Waals surface area contributed by atoms with Gasteiger partial charge in [0.1, 0.15) is 18.2 Å². The van der Waals surface area contributed by atoms with Crippen molar-refractivity contribution in [2.45, 2.75) is 19.9 Å². The van der Waals surface area contributed by atoms with Gasteiger partial charge < -0.3 is 15.2 Å². The Labute approximate surface area is 95.4 Å². The van der Waals surface area contributed by atoms with E-state index in [0.717, 1.165) is 18.6 Å². The lowest BCUT2D eigenvalue weighted by Crippen LogP contribution is -2.07. The van der Waals surface area contributed by atoms with E-state index in [1.165, 1.54) is 12.1 Å². The Morgan fingerprint density at radius 2 is 2.00 bits per heavy atom. The predicted molar refractivity (Wildman–Crippen MR) is 60.9 cm³/mol. The number of hydrogen-bond donors (Lipinski definition) is 1. The first-order chi connectivity index (χ1) is 7.76. The molecule has 1 aromatic carbocycles. The molecule has 1 rings (SSSR count). The van der Waals surface area contributed by atoms with Crippen LogP contribution in [-0.4, -0.2) is 19.8 Å². The van der Waals surface area contributed by atoms with Crippen LogP contribution in [0.4, 0.5) is 4.39 Å². The number of halogens is 1. The molecule has 1 aromatic rings. The van der Waals surface area contributed by atoms with Crippen molar-refractivity contribution in [2.75, 3.05) is 19.8 Å². The van der Waals surface area contributed by atoms with Gasteiger partial charge in [0.05, 0.1) is 6.61 Å². The molecular formula is C12H18FNO2. The van der Waals surface area contributed by atoms with Gasteiger partial charge in [0.15, 0.2) is 0 Å². The summed E-state index contributed by atoms with van der Waals surface area (Å²) in [5, 5.41) is 0. The van der Waals surface area contributed by atoms with Crippen molar-refractivity contribution >= 4 is 0 Å². The van der Waals surface area contributed by atoms with Gasteiger partial charge in [-0.25, -0.2) is 4.39 Å². The summed E-state index contributed by atoms with van der Waals surface area (Å²) in [7, 11) is 0. The third kappa shape index (κ3) is 4.59. The van der Waals surface area contributed by atoms with E-state index < -0.39 is 0 Å². The molecule has 0 unspecified atom stereocenters. The predicted octanol–water partition coefficient (Wildman–Crippen LogP) is 2.09. The van der Waals surface area contributed by atoms with Crippen LogP contribution in [0.3, 0.4) is 0 Å². The quantitative estimate of drug-likeness (QED) is 0.725.